The Kier molecular flexibility index (Phi) is 6.00. The number of amides is 1. The number of carbonyl (C=O) groups is 1. The summed E-state index contributed by atoms with van der Waals surface area (Å²) in [6, 6.07) is 0.230. The van der Waals surface area contributed by atoms with Crippen molar-refractivity contribution in [3.63, 3.8) is 0 Å². The number of rotatable bonds is 7. The van der Waals surface area contributed by atoms with Gasteiger partial charge in [0.2, 0.25) is 5.91 Å². The van der Waals surface area contributed by atoms with Crippen LogP contribution in [-0.2, 0) is 17.6 Å². The van der Waals surface area contributed by atoms with Crippen molar-refractivity contribution in [2.75, 3.05) is 5.75 Å². The largest absolute Gasteiger partial charge is 0.353 e. The van der Waals surface area contributed by atoms with Crippen LogP contribution in [-0.4, -0.2) is 27.7 Å². The fourth-order valence-corrected chi connectivity index (χ4v) is 5.56. The molecule has 0 saturated carbocycles. The number of nitrogens with zero attached hydrogens (tertiary/aromatic N) is 2. The molecule has 25 heavy (non-hydrogen) atoms. The Morgan fingerprint density at radius 2 is 2.04 bits per heavy atom. The van der Waals surface area contributed by atoms with Gasteiger partial charge in [0.1, 0.15) is 15.7 Å². The van der Waals surface area contributed by atoms with E-state index in [9.17, 15) is 4.79 Å². The molecule has 136 valence electrons. The molecule has 0 aromatic carbocycles. The second-order valence-corrected chi connectivity index (χ2v) is 9.39. The van der Waals surface area contributed by atoms with E-state index < -0.39 is 0 Å². The molecule has 1 amide bonds. The summed E-state index contributed by atoms with van der Waals surface area (Å²) in [5.41, 5.74) is 1.42. The van der Waals surface area contributed by atoms with Crippen LogP contribution < -0.4 is 5.32 Å². The van der Waals surface area contributed by atoms with E-state index in [4.69, 9.17) is 0 Å². The predicted octanol–water partition coefficient (Wildman–Crippen LogP) is 4.52. The van der Waals surface area contributed by atoms with Gasteiger partial charge in [-0.3, -0.25) is 4.79 Å². The number of hydrogen-bond acceptors (Lipinski definition) is 5. The van der Waals surface area contributed by atoms with Gasteiger partial charge in [-0.15, -0.1) is 11.3 Å². The lowest BCUT2D eigenvalue weighted by Crippen LogP contribution is -2.34. The van der Waals surface area contributed by atoms with Gasteiger partial charge in [-0.2, -0.15) is 0 Å². The van der Waals surface area contributed by atoms with Gasteiger partial charge < -0.3 is 5.32 Å². The molecule has 0 bridgehead atoms. The van der Waals surface area contributed by atoms with Crippen LogP contribution in [0.2, 0.25) is 0 Å². The molecule has 1 aliphatic rings. The molecule has 2 aromatic heterocycles. The zero-order chi connectivity index (χ0) is 18.0. The Balaban J connectivity index is 1.66. The van der Waals surface area contributed by atoms with Crippen molar-refractivity contribution < 1.29 is 4.79 Å². The summed E-state index contributed by atoms with van der Waals surface area (Å²) in [4.78, 5) is 24.1. The van der Waals surface area contributed by atoms with E-state index in [0.29, 0.717) is 11.7 Å². The molecule has 0 unspecified atom stereocenters. The maximum Gasteiger partial charge on any atom is 0.230 e. The molecule has 2 aromatic rings. The highest BCUT2D eigenvalue weighted by atomic mass is 32.2. The molecule has 4 nitrogen and oxygen atoms in total. The first-order chi connectivity index (χ1) is 11.9. The topological polar surface area (TPSA) is 54.9 Å². The molecule has 6 heteroatoms. The molecular weight excluding hydrogens is 350 g/mol. The van der Waals surface area contributed by atoms with Gasteiger partial charge >= 0.3 is 0 Å². The number of carbonyl (C=O) groups excluding carboxylic acids is 1. The average molecular weight is 378 g/mol. The number of nitrogens with one attached hydrogen (secondary N) is 1. The Hall–Kier alpha value is -1.14. The predicted molar refractivity (Wildman–Crippen MR) is 107 cm³/mol. The highest BCUT2D eigenvalue weighted by Crippen LogP contribution is 2.40. The fraction of sp³-hybridized carbons (Fsp3) is 0.632. The van der Waals surface area contributed by atoms with Gasteiger partial charge in [0.05, 0.1) is 5.75 Å². The van der Waals surface area contributed by atoms with Crippen molar-refractivity contribution in [1.82, 2.24) is 15.3 Å². The number of aryl methyl sites for hydroxylation is 3. The van der Waals surface area contributed by atoms with Crippen LogP contribution in [0.25, 0.3) is 10.2 Å². The molecule has 0 radical (unpaired) electrons. The molecule has 1 aliphatic carbocycles. The van der Waals surface area contributed by atoms with Gasteiger partial charge in [0, 0.05) is 16.3 Å². The molecule has 0 fully saturated rings. The van der Waals surface area contributed by atoms with Crippen molar-refractivity contribution in [3.05, 3.63) is 16.3 Å². The molecule has 2 heterocycles. The van der Waals surface area contributed by atoms with Crippen LogP contribution >= 0.6 is 23.1 Å². The zero-order valence-corrected chi connectivity index (χ0v) is 17.1. The summed E-state index contributed by atoms with van der Waals surface area (Å²) < 4.78 is 0. The SMILES string of the molecule is Cc1nc(SCC(=O)N[C@@H](C)CCC(C)C)c2c3c(sc2n1)CCC3. The summed E-state index contributed by atoms with van der Waals surface area (Å²) in [5.74, 6) is 1.98. The summed E-state index contributed by atoms with van der Waals surface area (Å²) in [6.07, 6.45) is 5.67. The van der Waals surface area contributed by atoms with E-state index in [2.05, 4.69) is 36.1 Å². The van der Waals surface area contributed by atoms with E-state index >= 15 is 0 Å². The van der Waals surface area contributed by atoms with Crippen molar-refractivity contribution in [1.29, 1.82) is 0 Å². The van der Waals surface area contributed by atoms with E-state index in [1.807, 2.05) is 6.92 Å². The Morgan fingerprint density at radius 3 is 2.80 bits per heavy atom. The van der Waals surface area contributed by atoms with Crippen LogP contribution in [0.5, 0.6) is 0 Å². The number of thioether (sulfide) groups is 1. The van der Waals surface area contributed by atoms with Crippen molar-refractivity contribution in [2.45, 2.75) is 70.9 Å². The second kappa shape index (κ2) is 8.04. The maximum atomic E-state index is 12.3. The van der Waals surface area contributed by atoms with Gasteiger partial charge in [0.15, 0.2) is 0 Å². The molecule has 0 spiro atoms. The lowest BCUT2D eigenvalue weighted by molar-refractivity contribution is -0.119. The number of hydrogen-bond donors (Lipinski definition) is 1. The third-order valence-electron chi connectivity index (χ3n) is 4.57. The summed E-state index contributed by atoms with van der Waals surface area (Å²) in [5, 5.41) is 5.29. The van der Waals surface area contributed by atoms with E-state index in [-0.39, 0.29) is 11.9 Å². The molecule has 3 rings (SSSR count). The average Bonchev–Trinajstić information content (AvgIpc) is 3.10. The normalized spacial score (nSPS) is 14.9. The maximum absolute atomic E-state index is 12.3. The molecule has 0 saturated heterocycles. The Bertz CT molecular complexity index is 770. The smallest absolute Gasteiger partial charge is 0.230 e. The summed E-state index contributed by atoms with van der Waals surface area (Å²) in [6.45, 7) is 8.45. The van der Waals surface area contributed by atoms with Gasteiger partial charge in [0.25, 0.3) is 0 Å². The third kappa shape index (κ3) is 4.53. The standard InChI is InChI=1S/C19H27N3OS2/c1-11(2)8-9-12(3)20-16(23)10-24-18-17-14-6-5-7-15(14)25-19(17)22-13(4)21-18/h11-12H,5-10H2,1-4H3,(H,20,23)/t12-/m0/s1. The second-order valence-electron chi connectivity index (χ2n) is 7.34. The Morgan fingerprint density at radius 1 is 1.24 bits per heavy atom. The van der Waals surface area contributed by atoms with Crippen LogP contribution in [0.4, 0.5) is 0 Å². The number of fused-ring (bicyclic) bond motifs is 3. The van der Waals surface area contributed by atoms with Gasteiger partial charge in [-0.1, -0.05) is 25.6 Å². The Labute approximate surface area is 158 Å². The van der Waals surface area contributed by atoms with E-state index in [1.165, 1.54) is 22.2 Å². The first kappa shape index (κ1) is 18.6. The quantitative estimate of drug-likeness (QED) is 0.569. The minimum absolute atomic E-state index is 0.0950. The van der Waals surface area contributed by atoms with Gasteiger partial charge in [-0.25, -0.2) is 9.97 Å². The van der Waals surface area contributed by atoms with Gasteiger partial charge in [-0.05, 0) is 57.4 Å². The molecule has 0 aliphatic heterocycles. The highest BCUT2D eigenvalue weighted by molar-refractivity contribution is 8.00. The van der Waals surface area contributed by atoms with E-state index in [1.54, 1.807) is 23.1 Å². The summed E-state index contributed by atoms with van der Waals surface area (Å²) in [7, 11) is 0. The van der Waals surface area contributed by atoms with Crippen LogP contribution in [0.15, 0.2) is 5.03 Å². The fourth-order valence-electron chi connectivity index (χ4n) is 3.27. The minimum atomic E-state index is 0.0950. The molecule has 1 atom stereocenters. The monoisotopic (exact) mass is 377 g/mol. The van der Waals surface area contributed by atoms with Crippen molar-refractivity contribution >= 4 is 39.2 Å². The third-order valence-corrected chi connectivity index (χ3v) is 6.73. The lowest BCUT2D eigenvalue weighted by atomic mass is 10.0. The highest BCUT2D eigenvalue weighted by Gasteiger charge is 2.22. The number of thiophene rings is 1. The minimum Gasteiger partial charge on any atom is -0.353 e. The summed E-state index contributed by atoms with van der Waals surface area (Å²) >= 11 is 3.36. The first-order valence-electron chi connectivity index (χ1n) is 9.15. The van der Waals surface area contributed by atoms with Crippen LogP contribution in [0.1, 0.15) is 56.3 Å². The van der Waals surface area contributed by atoms with Crippen molar-refractivity contribution in [2.24, 2.45) is 5.92 Å². The molecular formula is C19H27N3OS2. The number of aromatic nitrogens is 2. The van der Waals surface area contributed by atoms with E-state index in [0.717, 1.165) is 41.4 Å². The zero-order valence-electron chi connectivity index (χ0n) is 15.5. The van der Waals surface area contributed by atoms with Crippen LogP contribution in [0, 0.1) is 12.8 Å². The first-order valence-corrected chi connectivity index (χ1v) is 10.9. The van der Waals surface area contributed by atoms with Crippen molar-refractivity contribution in [3.8, 4) is 0 Å². The lowest BCUT2D eigenvalue weighted by Gasteiger charge is -2.15. The van der Waals surface area contributed by atoms with Crippen LogP contribution in [0.3, 0.4) is 0 Å². The molecule has 1 N–H and O–H groups in total.